The molecule has 0 saturated carbocycles. The van der Waals surface area contributed by atoms with E-state index in [9.17, 15) is 4.79 Å². The number of hydrogen-bond acceptors (Lipinski definition) is 3. The molecule has 1 amide bonds. The van der Waals surface area contributed by atoms with Crippen LogP contribution in [0.3, 0.4) is 0 Å². The van der Waals surface area contributed by atoms with Crippen molar-refractivity contribution < 1.29 is 14.3 Å². The zero-order valence-electron chi connectivity index (χ0n) is 11.5. The van der Waals surface area contributed by atoms with Crippen molar-refractivity contribution in [1.82, 2.24) is 5.32 Å². The summed E-state index contributed by atoms with van der Waals surface area (Å²) in [5.41, 5.74) is -0.535. The van der Waals surface area contributed by atoms with Gasteiger partial charge in [0.2, 0.25) is 0 Å². The van der Waals surface area contributed by atoms with Gasteiger partial charge >= 0.3 is 6.09 Å². The maximum absolute atomic E-state index is 11.6. The second kappa shape index (κ2) is 5.53. The number of nitrogens with one attached hydrogen (secondary N) is 1. The van der Waals surface area contributed by atoms with Crippen molar-refractivity contribution in [3.63, 3.8) is 0 Å². The average molecular weight is 231 g/mol. The number of rotatable bonds is 3. The summed E-state index contributed by atoms with van der Waals surface area (Å²) in [7, 11) is 1.62. The number of alkyl carbamates (subject to hydrolysis) is 1. The van der Waals surface area contributed by atoms with E-state index in [1.807, 2.05) is 41.5 Å². The molecule has 4 heteroatoms. The van der Waals surface area contributed by atoms with Crippen LogP contribution in [0.2, 0.25) is 0 Å². The highest BCUT2D eigenvalue weighted by Crippen LogP contribution is 2.20. The first kappa shape index (κ1) is 15.2. The first-order chi connectivity index (χ1) is 7.06. The van der Waals surface area contributed by atoms with Crippen LogP contribution in [0, 0.1) is 5.41 Å². The van der Waals surface area contributed by atoms with Crippen LogP contribution >= 0.6 is 0 Å². The molecule has 0 aliphatic carbocycles. The number of hydrogen-bond donors (Lipinski definition) is 1. The minimum Gasteiger partial charge on any atom is -0.444 e. The second-order valence-electron chi connectivity index (χ2n) is 6.02. The Morgan fingerprint density at radius 2 is 1.69 bits per heavy atom. The van der Waals surface area contributed by atoms with Crippen molar-refractivity contribution in [3.05, 3.63) is 0 Å². The van der Waals surface area contributed by atoms with Crippen LogP contribution in [0.25, 0.3) is 0 Å². The van der Waals surface area contributed by atoms with E-state index in [1.165, 1.54) is 0 Å². The first-order valence-corrected chi connectivity index (χ1v) is 5.54. The number of ether oxygens (including phenoxy) is 2. The molecule has 96 valence electrons. The number of carbonyl (C=O) groups excluding carboxylic acids is 1. The number of amides is 1. The Labute approximate surface area is 98.7 Å². The molecule has 16 heavy (non-hydrogen) atoms. The lowest BCUT2D eigenvalue weighted by molar-refractivity contribution is 0.0388. The van der Waals surface area contributed by atoms with Gasteiger partial charge in [0, 0.05) is 7.11 Å². The second-order valence-corrected chi connectivity index (χ2v) is 6.02. The summed E-state index contributed by atoms with van der Waals surface area (Å²) in [4.78, 5) is 11.6. The van der Waals surface area contributed by atoms with Crippen LogP contribution in [-0.4, -0.2) is 31.5 Å². The van der Waals surface area contributed by atoms with Crippen molar-refractivity contribution in [2.75, 3.05) is 13.7 Å². The van der Waals surface area contributed by atoms with Crippen molar-refractivity contribution in [2.45, 2.75) is 53.2 Å². The van der Waals surface area contributed by atoms with Gasteiger partial charge in [0.1, 0.15) is 5.60 Å². The van der Waals surface area contributed by atoms with Crippen molar-refractivity contribution >= 4 is 6.09 Å². The third-order valence-corrected chi connectivity index (χ3v) is 2.07. The molecular weight excluding hydrogens is 206 g/mol. The summed E-state index contributed by atoms with van der Waals surface area (Å²) < 4.78 is 10.3. The van der Waals surface area contributed by atoms with Crippen LogP contribution in [0.15, 0.2) is 0 Å². The van der Waals surface area contributed by atoms with Crippen LogP contribution in [0.5, 0.6) is 0 Å². The molecule has 0 rings (SSSR count). The standard InChI is InChI=1S/C12H25NO3/c1-11(2,3)9(8-15-7)13-10(14)16-12(4,5)6/h9H,8H2,1-7H3,(H,13,14). The molecule has 0 aliphatic heterocycles. The average Bonchev–Trinajstić information content (AvgIpc) is 1.97. The zero-order chi connectivity index (χ0) is 13.0. The van der Waals surface area contributed by atoms with Gasteiger partial charge in [-0.3, -0.25) is 0 Å². The zero-order valence-corrected chi connectivity index (χ0v) is 11.5. The van der Waals surface area contributed by atoms with E-state index in [0.29, 0.717) is 6.61 Å². The fourth-order valence-corrected chi connectivity index (χ4v) is 1.12. The molecule has 1 unspecified atom stereocenters. The lowest BCUT2D eigenvalue weighted by Crippen LogP contribution is -2.48. The van der Waals surface area contributed by atoms with Gasteiger partial charge in [0.15, 0.2) is 0 Å². The number of carbonyl (C=O) groups is 1. The molecule has 0 heterocycles. The molecule has 0 fully saturated rings. The summed E-state index contributed by atoms with van der Waals surface area (Å²) in [6.45, 7) is 12.2. The first-order valence-electron chi connectivity index (χ1n) is 5.54. The Kier molecular flexibility index (Phi) is 5.26. The van der Waals surface area contributed by atoms with Gasteiger partial charge in [-0.05, 0) is 26.2 Å². The Bertz CT molecular complexity index is 225. The lowest BCUT2D eigenvalue weighted by Gasteiger charge is -2.31. The van der Waals surface area contributed by atoms with Crippen LogP contribution in [-0.2, 0) is 9.47 Å². The Balaban J connectivity index is 4.36. The Hall–Kier alpha value is -0.770. The Morgan fingerprint density at radius 3 is 2.00 bits per heavy atom. The molecule has 0 aromatic carbocycles. The highest BCUT2D eigenvalue weighted by atomic mass is 16.6. The van der Waals surface area contributed by atoms with Crippen LogP contribution in [0.1, 0.15) is 41.5 Å². The lowest BCUT2D eigenvalue weighted by atomic mass is 9.87. The molecule has 0 bridgehead atoms. The number of methoxy groups -OCH3 is 1. The van der Waals surface area contributed by atoms with Gasteiger partial charge in [-0.25, -0.2) is 4.79 Å². The molecule has 1 atom stereocenters. The van der Waals surface area contributed by atoms with Crippen LogP contribution < -0.4 is 5.32 Å². The Morgan fingerprint density at radius 1 is 1.19 bits per heavy atom. The summed E-state index contributed by atoms with van der Waals surface area (Å²) in [6, 6.07) is -0.0626. The van der Waals surface area contributed by atoms with Gasteiger partial charge in [-0.15, -0.1) is 0 Å². The highest BCUT2D eigenvalue weighted by molar-refractivity contribution is 5.68. The normalized spacial score (nSPS) is 14.4. The molecule has 0 aromatic heterocycles. The topological polar surface area (TPSA) is 47.6 Å². The molecule has 4 nitrogen and oxygen atoms in total. The van der Waals surface area contributed by atoms with E-state index < -0.39 is 11.7 Å². The molecule has 0 radical (unpaired) electrons. The predicted molar refractivity (Wildman–Crippen MR) is 64.5 cm³/mol. The smallest absolute Gasteiger partial charge is 0.407 e. The molecule has 1 N–H and O–H groups in total. The fraction of sp³-hybridized carbons (Fsp3) is 0.917. The van der Waals surface area contributed by atoms with E-state index in [0.717, 1.165) is 0 Å². The molecule has 0 spiro atoms. The molecule has 0 aromatic rings. The third kappa shape index (κ3) is 6.67. The van der Waals surface area contributed by atoms with Crippen LogP contribution in [0.4, 0.5) is 4.79 Å². The predicted octanol–water partition coefficient (Wildman–Crippen LogP) is 2.57. The SMILES string of the molecule is COCC(NC(=O)OC(C)(C)C)C(C)(C)C. The van der Waals surface area contributed by atoms with E-state index in [-0.39, 0.29) is 11.5 Å². The molecule has 0 saturated heterocycles. The summed E-state index contributed by atoms with van der Waals surface area (Å²) in [6.07, 6.45) is -0.399. The van der Waals surface area contributed by atoms with E-state index >= 15 is 0 Å². The highest BCUT2D eigenvalue weighted by Gasteiger charge is 2.28. The fourth-order valence-electron chi connectivity index (χ4n) is 1.12. The summed E-state index contributed by atoms with van der Waals surface area (Å²) in [5.74, 6) is 0. The van der Waals surface area contributed by atoms with E-state index in [2.05, 4.69) is 5.32 Å². The third-order valence-electron chi connectivity index (χ3n) is 2.07. The summed E-state index contributed by atoms with van der Waals surface area (Å²) >= 11 is 0. The summed E-state index contributed by atoms with van der Waals surface area (Å²) in [5, 5.41) is 2.83. The minimum atomic E-state index is -0.473. The minimum absolute atomic E-state index is 0.0626. The van der Waals surface area contributed by atoms with Crippen molar-refractivity contribution in [3.8, 4) is 0 Å². The van der Waals surface area contributed by atoms with Gasteiger partial charge in [0.25, 0.3) is 0 Å². The largest absolute Gasteiger partial charge is 0.444 e. The van der Waals surface area contributed by atoms with Crippen molar-refractivity contribution in [2.24, 2.45) is 5.41 Å². The molecular formula is C12H25NO3. The molecule has 0 aliphatic rings. The maximum atomic E-state index is 11.6. The van der Waals surface area contributed by atoms with Gasteiger partial charge < -0.3 is 14.8 Å². The maximum Gasteiger partial charge on any atom is 0.407 e. The van der Waals surface area contributed by atoms with Gasteiger partial charge in [0.05, 0.1) is 12.6 Å². The van der Waals surface area contributed by atoms with E-state index in [4.69, 9.17) is 9.47 Å². The monoisotopic (exact) mass is 231 g/mol. The van der Waals surface area contributed by atoms with Gasteiger partial charge in [-0.2, -0.15) is 0 Å². The quantitative estimate of drug-likeness (QED) is 0.812. The van der Waals surface area contributed by atoms with Crippen molar-refractivity contribution in [1.29, 1.82) is 0 Å². The van der Waals surface area contributed by atoms with Gasteiger partial charge in [-0.1, -0.05) is 20.8 Å². The van der Waals surface area contributed by atoms with E-state index in [1.54, 1.807) is 7.11 Å².